The molecule has 1 aromatic heterocycles. The van der Waals surface area contributed by atoms with Gasteiger partial charge in [0.15, 0.2) is 0 Å². The Hall–Kier alpha value is -2.30. The van der Waals surface area contributed by atoms with Crippen molar-refractivity contribution in [1.29, 1.82) is 0 Å². The maximum atomic E-state index is 12.3. The highest BCUT2D eigenvalue weighted by Gasteiger charge is 2.31. The quantitative estimate of drug-likeness (QED) is 0.828. The number of aromatic nitrogens is 1. The van der Waals surface area contributed by atoms with Crippen LogP contribution in [0.4, 0.5) is 10.5 Å². The molecule has 25 heavy (non-hydrogen) atoms. The van der Waals surface area contributed by atoms with E-state index in [1.807, 2.05) is 33.0 Å². The first-order chi connectivity index (χ1) is 11.7. The predicted molar refractivity (Wildman–Crippen MR) is 101 cm³/mol. The Kier molecular flexibility index (Phi) is 4.58. The second-order valence-electron chi connectivity index (χ2n) is 7.87. The SMILES string of the molecule is Cc1ccc2ncc(N(C)C3CCN(C(=O)OC(C)(C)C)C3)cc2c1. The molecule has 0 bridgehead atoms. The van der Waals surface area contributed by atoms with Gasteiger partial charge in [0.1, 0.15) is 5.60 Å². The number of rotatable bonds is 2. The molecule has 0 radical (unpaired) electrons. The summed E-state index contributed by atoms with van der Waals surface area (Å²) >= 11 is 0. The van der Waals surface area contributed by atoms with Crippen LogP contribution in [0.15, 0.2) is 30.5 Å². The van der Waals surface area contributed by atoms with Crippen LogP contribution in [-0.4, -0.2) is 47.8 Å². The van der Waals surface area contributed by atoms with Crippen LogP contribution < -0.4 is 4.90 Å². The first-order valence-electron chi connectivity index (χ1n) is 8.80. The second-order valence-corrected chi connectivity index (χ2v) is 7.87. The van der Waals surface area contributed by atoms with E-state index in [9.17, 15) is 4.79 Å². The Morgan fingerprint density at radius 2 is 2.08 bits per heavy atom. The summed E-state index contributed by atoms with van der Waals surface area (Å²) in [5.74, 6) is 0. The highest BCUT2D eigenvalue weighted by atomic mass is 16.6. The second kappa shape index (κ2) is 6.54. The summed E-state index contributed by atoms with van der Waals surface area (Å²) in [4.78, 5) is 20.8. The van der Waals surface area contributed by atoms with Crippen molar-refractivity contribution in [2.45, 2.75) is 45.8 Å². The number of amides is 1. The van der Waals surface area contributed by atoms with E-state index in [2.05, 4.69) is 42.1 Å². The van der Waals surface area contributed by atoms with Gasteiger partial charge in [0.2, 0.25) is 0 Å². The number of aryl methyl sites for hydroxylation is 1. The molecule has 1 aliphatic heterocycles. The van der Waals surface area contributed by atoms with Gasteiger partial charge >= 0.3 is 6.09 Å². The molecule has 1 saturated heterocycles. The molecule has 1 fully saturated rings. The fourth-order valence-electron chi connectivity index (χ4n) is 3.19. The average molecular weight is 341 g/mol. The summed E-state index contributed by atoms with van der Waals surface area (Å²) in [6, 6.07) is 8.73. The minimum Gasteiger partial charge on any atom is -0.444 e. The maximum Gasteiger partial charge on any atom is 0.410 e. The van der Waals surface area contributed by atoms with Gasteiger partial charge in [-0.25, -0.2) is 4.79 Å². The molecule has 134 valence electrons. The minimum absolute atomic E-state index is 0.226. The summed E-state index contributed by atoms with van der Waals surface area (Å²) in [6.45, 7) is 9.18. The lowest BCUT2D eigenvalue weighted by molar-refractivity contribution is 0.0292. The van der Waals surface area contributed by atoms with Gasteiger partial charge in [-0.15, -0.1) is 0 Å². The van der Waals surface area contributed by atoms with Crippen LogP contribution in [0.1, 0.15) is 32.8 Å². The molecule has 1 aliphatic rings. The van der Waals surface area contributed by atoms with E-state index in [-0.39, 0.29) is 12.1 Å². The third-order valence-corrected chi connectivity index (χ3v) is 4.59. The topological polar surface area (TPSA) is 45.7 Å². The molecule has 0 aliphatic carbocycles. The van der Waals surface area contributed by atoms with Crippen LogP contribution >= 0.6 is 0 Å². The summed E-state index contributed by atoms with van der Waals surface area (Å²) in [5, 5.41) is 1.14. The molecule has 1 amide bonds. The van der Waals surface area contributed by atoms with Gasteiger partial charge in [-0.3, -0.25) is 4.98 Å². The van der Waals surface area contributed by atoms with Crippen LogP contribution in [0.25, 0.3) is 10.9 Å². The number of carbonyl (C=O) groups excluding carboxylic acids is 1. The van der Waals surface area contributed by atoms with Crippen LogP contribution in [0.2, 0.25) is 0 Å². The molecule has 0 spiro atoms. The van der Waals surface area contributed by atoms with Gasteiger partial charge in [0, 0.05) is 31.6 Å². The van der Waals surface area contributed by atoms with E-state index in [0.717, 1.165) is 29.6 Å². The van der Waals surface area contributed by atoms with Crippen molar-refractivity contribution in [3.05, 3.63) is 36.0 Å². The zero-order chi connectivity index (χ0) is 18.2. The van der Waals surface area contributed by atoms with Gasteiger partial charge < -0.3 is 14.5 Å². The summed E-state index contributed by atoms with van der Waals surface area (Å²) < 4.78 is 5.48. The lowest BCUT2D eigenvalue weighted by Crippen LogP contribution is -2.39. The minimum atomic E-state index is -0.457. The van der Waals surface area contributed by atoms with Crippen molar-refractivity contribution in [2.75, 3.05) is 25.0 Å². The van der Waals surface area contributed by atoms with Crippen molar-refractivity contribution in [3.8, 4) is 0 Å². The van der Waals surface area contributed by atoms with Gasteiger partial charge in [-0.05, 0) is 52.3 Å². The number of fused-ring (bicyclic) bond motifs is 1. The van der Waals surface area contributed by atoms with Crippen molar-refractivity contribution >= 4 is 22.7 Å². The lowest BCUT2D eigenvalue weighted by atomic mass is 10.1. The Balaban J connectivity index is 1.71. The standard InChI is InChI=1S/C20H27N3O2/c1-14-6-7-18-15(10-14)11-17(12-21-18)22(5)16-8-9-23(13-16)19(24)25-20(2,3)4/h6-7,10-12,16H,8-9,13H2,1-5H3. The number of nitrogens with zero attached hydrogens (tertiary/aromatic N) is 3. The van der Waals surface area contributed by atoms with Gasteiger partial charge in [0.25, 0.3) is 0 Å². The monoisotopic (exact) mass is 341 g/mol. The molecule has 2 aromatic rings. The Morgan fingerprint density at radius 3 is 2.80 bits per heavy atom. The van der Waals surface area contributed by atoms with E-state index in [4.69, 9.17) is 4.74 Å². The third kappa shape index (κ3) is 4.03. The largest absolute Gasteiger partial charge is 0.444 e. The van der Waals surface area contributed by atoms with Crippen molar-refractivity contribution in [3.63, 3.8) is 0 Å². The van der Waals surface area contributed by atoms with Crippen molar-refractivity contribution in [2.24, 2.45) is 0 Å². The zero-order valence-corrected chi connectivity index (χ0v) is 15.7. The fraction of sp³-hybridized carbons (Fsp3) is 0.500. The highest BCUT2D eigenvalue weighted by molar-refractivity contribution is 5.82. The first kappa shape index (κ1) is 17.5. The molecule has 1 aromatic carbocycles. The molecular weight excluding hydrogens is 314 g/mol. The van der Waals surface area contributed by atoms with Gasteiger partial charge in [-0.2, -0.15) is 0 Å². The third-order valence-electron chi connectivity index (χ3n) is 4.59. The molecule has 5 heteroatoms. The number of benzene rings is 1. The summed E-state index contributed by atoms with van der Waals surface area (Å²) in [6.07, 6.45) is 2.62. The van der Waals surface area contributed by atoms with Crippen LogP contribution in [-0.2, 0) is 4.74 Å². The number of hydrogen-bond acceptors (Lipinski definition) is 4. The number of hydrogen-bond donors (Lipinski definition) is 0. The van der Waals surface area contributed by atoms with Gasteiger partial charge in [-0.1, -0.05) is 11.6 Å². The van der Waals surface area contributed by atoms with Crippen molar-refractivity contribution < 1.29 is 9.53 Å². The van der Waals surface area contributed by atoms with Crippen LogP contribution in [0.5, 0.6) is 0 Å². The van der Waals surface area contributed by atoms with E-state index in [0.29, 0.717) is 6.54 Å². The number of anilines is 1. The number of carbonyl (C=O) groups is 1. The fourth-order valence-corrected chi connectivity index (χ4v) is 3.19. The Bertz CT molecular complexity index is 782. The maximum absolute atomic E-state index is 12.3. The molecular formula is C20H27N3O2. The highest BCUT2D eigenvalue weighted by Crippen LogP contribution is 2.25. The molecule has 1 atom stereocenters. The van der Waals surface area contributed by atoms with Crippen LogP contribution in [0.3, 0.4) is 0 Å². The van der Waals surface area contributed by atoms with Gasteiger partial charge in [0.05, 0.1) is 17.4 Å². The number of likely N-dealkylation sites (tertiary alicyclic amines) is 1. The Morgan fingerprint density at radius 1 is 1.32 bits per heavy atom. The zero-order valence-electron chi connectivity index (χ0n) is 15.7. The summed E-state index contributed by atoms with van der Waals surface area (Å²) in [7, 11) is 2.07. The summed E-state index contributed by atoms with van der Waals surface area (Å²) in [5.41, 5.74) is 2.85. The molecule has 2 heterocycles. The predicted octanol–water partition coefficient (Wildman–Crippen LogP) is 3.99. The first-order valence-corrected chi connectivity index (χ1v) is 8.80. The molecule has 0 N–H and O–H groups in total. The van der Waals surface area contributed by atoms with E-state index < -0.39 is 5.60 Å². The molecule has 5 nitrogen and oxygen atoms in total. The molecule has 0 saturated carbocycles. The molecule has 3 rings (SSSR count). The van der Waals surface area contributed by atoms with E-state index in [1.54, 1.807) is 4.90 Å². The normalized spacial score (nSPS) is 17.8. The van der Waals surface area contributed by atoms with E-state index >= 15 is 0 Å². The van der Waals surface area contributed by atoms with E-state index in [1.165, 1.54) is 5.56 Å². The average Bonchev–Trinajstić information content (AvgIpc) is 3.02. The number of pyridine rings is 1. The van der Waals surface area contributed by atoms with Crippen molar-refractivity contribution in [1.82, 2.24) is 9.88 Å². The number of likely N-dealkylation sites (N-methyl/N-ethyl adjacent to an activating group) is 1. The van der Waals surface area contributed by atoms with Crippen LogP contribution in [0, 0.1) is 6.92 Å². The molecule has 1 unspecified atom stereocenters. The lowest BCUT2D eigenvalue weighted by Gasteiger charge is -2.28. The smallest absolute Gasteiger partial charge is 0.410 e. The number of ether oxygens (including phenoxy) is 1. The Labute approximate surface area is 149 Å².